The van der Waals surface area contributed by atoms with E-state index in [0.717, 1.165) is 56.3 Å². The lowest BCUT2D eigenvalue weighted by atomic mass is 9.80. The SMILES string of the molecule is C[C@@H](Nc1nc(C(=O)O)nc2nc(N(CC3CC3)[C@@H](C)c3ccccc3)n(Cc3ccc(C(F)(F)F)cc3)c12)C1CCC1. The van der Waals surface area contributed by atoms with Crippen LogP contribution in [0.3, 0.4) is 0 Å². The average molecular weight is 593 g/mol. The number of nitrogens with zero attached hydrogens (tertiary/aromatic N) is 5. The highest BCUT2D eigenvalue weighted by Crippen LogP contribution is 2.39. The van der Waals surface area contributed by atoms with Gasteiger partial charge in [-0.05, 0) is 74.6 Å². The van der Waals surface area contributed by atoms with Crippen LogP contribution in [0.25, 0.3) is 11.2 Å². The van der Waals surface area contributed by atoms with E-state index in [1.54, 1.807) is 0 Å². The number of aromatic carboxylic acids is 1. The molecule has 2 aliphatic carbocycles. The molecule has 43 heavy (non-hydrogen) atoms. The van der Waals surface area contributed by atoms with Gasteiger partial charge in [0.1, 0.15) is 5.52 Å². The fraction of sp³-hybridized carbons (Fsp3) is 0.438. The van der Waals surface area contributed by atoms with Gasteiger partial charge in [-0.3, -0.25) is 0 Å². The molecule has 0 saturated heterocycles. The lowest BCUT2D eigenvalue weighted by Gasteiger charge is -2.33. The Bertz CT molecular complexity index is 1600. The van der Waals surface area contributed by atoms with Crippen molar-refractivity contribution in [2.75, 3.05) is 16.8 Å². The van der Waals surface area contributed by atoms with Crippen LogP contribution in [-0.4, -0.2) is 43.2 Å². The molecule has 4 aromatic rings. The van der Waals surface area contributed by atoms with Crippen LogP contribution in [0, 0.1) is 11.8 Å². The molecule has 2 N–H and O–H groups in total. The number of fused-ring (bicyclic) bond motifs is 1. The van der Waals surface area contributed by atoms with Crippen molar-refractivity contribution in [2.24, 2.45) is 11.8 Å². The molecule has 0 amide bonds. The fourth-order valence-corrected chi connectivity index (χ4v) is 5.75. The molecule has 8 nitrogen and oxygen atoms in total. The Morgan fingerprint density at radius 3 is 2.30 bits per heavy atom. The van der Waals surface area contributed by atoms with Crippen molar-refractivity contribution in [3.63, 3.8) is 0 Å². The number of rotatable bonds is 11. The molecule has 0 radical (unpaired) electrons. The maximum absolute atomic E-state index is 13.3. The van der Waals surface area contributed by atoms with Gasteiger partial charge in [0.05, 0.1) is 18.2 Å². The Morgan fingerprint density at radius 2 is 1.72 bits per heavy atom. The van der Waals surface area contributed by atoms with Crippen LogP contribution in [0.2, 0.25) is 0 Å². The van der Waals surface area contributed by atoms with Gasteiger partial charge >= 0.3 is 12.1 Å². The number of carbonyl (C=O) groups is 1. The van der Waals surface area contributed by atoms with E-state index < -0.39 is 17.7 Å². The Morgan fingerprint density at radius 1 is 1.02 bits per heavy atom. The third kappa shape index (κ3) is 6.16. The first-order valence-electron chi connectivity index (χ1n) is 14.8. The summed E-state index contributed by atoms with van der Waals surface area (Å²) in [5.74, 6) is 0.260. The molecule has 0 unspecified atom stereocenters. The van der Waals surface area contributed by atoms with Crippen molar-refractivity contribution in [3.05, 3.63) is 77.1 Å². The first kappa shape index (κ1) is 28.9. The summed E-state index contributed by atoms with van der Waals surface area (Å²) in [5.41, 5.74) is 1.79. The highest BCUT2D eigenvalue weighted by atomic mass is 19.4. The summed E-state index contributed by atoms with van der Waals surface area (Å²) in [4.78, 5) is 28.0. The number of benzene rings is 2. The van der Waals surface area contributed by atoms with E-state index in [9.17, 15) is 23.1 Å². The number of hydrogen-bond acceptors (Lipinski definition) is 6. The topological polar surface area (TPSA) is 96.2 Å². The number of alkyl halides is 3. The third-order valence-electron chi connectivity index (χ3n) is 8.78. The van der Waals surface area contributed by atoms with Gasteiger partial charge in [-0.15, -0.1) is 0 Å². The number of halogens is 3. The Kier molecular flexibility index (Phi) is 7.74. The standard InChI is InChI=1S/C32H35F3N6O2/c1-19(23-9-6-10-23)36-27-26-28(38-29(37-27)30(42)43)39-31(41(26)18-22-13-15-25(16-14-22)32(33,34)35)40(17-21-11-12-21)20(2)24-7-4-3-5-8-24/h3-5,7-8,13-16,19-21,23H,6,9-12,17-18H2,1-2H3,(H,42,43)(H,36,37,38)/t19-,20+/m1/s1. The maximum Gasteiger partial charge on any atom is 0.416 e. The zero-order valence-electron chi connectivity index (χ0n) is 24.2. The number of nitrogens with one attached hydrogen (secondary N) is 1. The molecule has 2 aliphatic rings. The van der Waals surface area contributed by atoms with Crippen LogP contribution >= 0.6 is 0 Å². The molecule has 0 bridgehead atoms. The van der Waals surface area contributed by atoms with Crippen molar-refractivity contribution >= 4 is 28.9 Å². The largest absolute Gasteiger partial charge is 0.475 e. The van der Waals surface area contributed by atoms with Gasteiger partial charge in [-0.1, -0.05) is 48.9 Å². The summed E-state index contributed by atoms with van der Waals surface area (Å²) in [6.07, 6.45) is 1.08. The van der Waals surface area contributed by atoms with Crippen molar-refractivity contribution in [2.45, 2.75) is 70.8 Å². The van der Waals surface area contributed by atoms with E-state index in [1.165, 1.54) is 12.1 Å². The number of carboxylic acids is 1. The molecular weight excluding hydrogens is 557 g/mol. The van der Waals surface area contributed by atoms with Crippen molar-refractivity contribution in [1.29, 1.82) is 0 Å². The average Bonchev–Trinajstić information content (AvgIpc) is 3.70. The van der Waals surface area contributed by atoms with E-state index in [2.05, 4.69) is 46.2 Å². The van der Waals surface area contributed by atoms with E-state index in [-0.39, 0.29) is 30.1 Å². The zero-order valence-corrected chi connectivity index (χ0v) is 24.2. The van der Waals surface area contributed by atoms with Crippen LogP contribution in [0.1, 0.15) is 79.3 Å². The Balaban J connectivity index is 1.51. The predicted octanol–water partition coefficient (Wildman–Crippen LogP) is 7.17. The fourth-order valence-electron chi connectivity index (χ4n) is 5.75. The minimum Gasteiger partial charge on any atom is -0.475 e. The number of carboxylic acid groups (broad SMARTS) is 1. The number of anilines is 2. The van der Waals surface area contributed by atoms with Crippen LogP contribution in [0.4, 0.5) is 24.9 Å². The quantitative estimate of drug-likeness (QED) is 0.191. The van der Waals surface area contributed by atoms with Crippen molar-refractivity contribution in [1.82, 2.24) is 19.5 Å². The van der Waals surface area contributed by atoms with Crippen molar-refractivity contribution in [3.8, 4) is 0 Å². The molecule has 2 saturated carbocycles. The molecule has 2 atom stereocenters. The van der Waals surface area contributed by atoms with Gasteiger partial charge in [-0.25, -0.2) is 14.8 Å². The highest BCUT2D eigenvalue weighted by Gasteiger charge is 2.33. The molecule has 0 spiro atoms. The summed E-state index contributed by atoms with van der Waals surface area (Å²) in [5, 5.41) is 13.3. The van der Waals surface area contributed by atoms with E-state index in [1.807, 2.05) is 22.8 Å². The Labute approximate surface area is 248 Å². The summed E-state index contributed by atoms with van der Waals surface area (Å²) in [6.45, 7) is 5.10. The van der Waals surface area contributed by atoms with E-state index in [4.69, 9.17) is 4.98 Å². The molecular formula is C32H35F3N6O2. The predicted molar refractivity (Wildman–Crippen MR) is 158 cm³/mol. The van der Waals surface area contributed by atoms with Gasteiger partial charge in [0.25, 0.3) is 0 Å². The molecule has 11 heteroatoms. The van der Waals surface area contributed by atoms with Gasteiger partial charge in [-0.2, -0.15) is 18.2 Å². The second kappa shape index (κ2) is 11.5. The van der Waals surface area contributed by atoms with E-state index in [0.29, 0.717) is 34.7 Å². The highest BCUT2D eigenvalue weighted by molar-refractivity contribution is 5.92. The van der Waals surface area contributed by atoms with Gasteiger partial charge in [0, 0.05) is 12.6 Å². The Hall–Kier alpha value is -4.15. The number of hydrogen-bond donors (Lipinski definition) is 2. The first-order valence-corrected chi connectivity index (χ1v) is 14.8. The lowest BCUT2D eigenvalue weighted by Crippen LogP contribution is -2.32. The van der Waals surface area contributed by atoms with Gasteiger partial charge in [0.2, 0.25) is 11.8 Å². The maximum atomic E-state index is 13.3. The number of aromatic nitrogens is 4. The first-order chi connectivity index (χ1) is 20.6. The minimum absolute atomic E-state index is 0.0390. The van der Waals surface area contributed by atoms with Crippen LogP contribution in [0.15, 0.2) is 54.6 Å². The van der Waals surface area contributed by atoms with Gasteiger partial charge in [0.15, 0.2) is 11.5 Å². The summed E-state index contributed by atoms with van der Waals surface area (Å²) in [7, 11) is 0. The van der Waals surface area contributed by atoms with Crippen LogP contribution in [0.5, 0.6) is 0 Å². The minimum atomic E-state index is -4.44. The zero-order chi connectivity index (χ0) is 30.3. The normalized spacial score (nSPS) is 17.0. The van der Waals surface area contributed by atoms with Crippen molar-refractivity contribution < 1.29 is 23.1 Å². The smallest absolute Gasteiger partial charge is 0.416 e. The molecule has 2 aromatic heterocycles. The molecule has 2 heterocycles. The number of imidazole rings is 1. The molecule has 226 valence electrons. The second-order valence-corrected chi connectivity index (χ2v) is 11.9. The summed E-state index contributed by atoms with van der Waals surface area (Å²) in [6, 6.07) is 15.1. The molecule has 0 aliphatic heterocycles. The van der Waals surface area contributed by atoms with Crippen LogP contribution < -0.4 is 10.2 Å². The molecule has 2 fully saturated rings. The second-order valence-electron chi connectivity index (χ2n) is 11.9. The monoisotopic (exact) mass is 592 g/mol. The lowest BCUT2D eigenvalue weighted by molar-refractivity contribution is -0.137. The van der Waals surface area contributed by atoms with E-state index >= 15 is 0 Å². The van der Waals surface area contributed by atoms with Crippen LogP contribution in [-0.2, 0) is 12.7 Å². The molecule has 2 aromatic carbocycles. The summed E-state index contributed by atoms with van der Waals surface area (Å²) < 4.78 is 41.9. The van der Waals surface area contributed by atoms with Gasteiger partial charge < -0.3 is 19.9 Å². The third-order valence-corrected chi connectivity index (χ3v) is 8.78. The molecule has 6 rings (SSSR count). The summed E-state index contributed by atoms with van der Waals surface area (Å²) >= 11 is 0.